The van der Waals surface area contributed by atoms with Crippen LogP contribution in [-0.2, 0) is 10.8 Å². The first kappa shape index (κ1) is 15.3. The van der Waals surface area contributed by atoms with Gasteiger partial charge in [-0.25, -0.2) is 0 Å². The summed E-state index contributed by atoms with van der Waals surface area (Å²) in [4.78, 5) is 11.8. The van der Waals surface area contributed by atoms with E-state index in [1.165, 1.54) is 6.07 Å². The summed E-state index contributed by atoms with van der Waals surface area (Å²) in [5.74, 6) is -0.370. The first-order chi connectivity index (χ1) is 8.41. The molecule has 1 N–H and O–H groups in total. The highest BCUT2D eigenvalue weighted by Gasteiger charge is 2.13. The van der Waals surface area contributed by atoms with Gasteiger partial charge in [-0.15, -0.1) is 10.2 Å². The van der Waals surface area contributed by atoms with Gasteiger partial charge >= 0.3 is 0 Å². The SMILES string of the molecule is CC(CCNC(=O)c1cc(Cl)nnc1Cl)S(C)=O. The maximum atomic E-state index is 11.8. The Bertz CT molecular complexity index is 470. The molecule has 2 unspecified atom stereocenters. The lowest BCUT2D eigenvalue weighted by Gasteiger charge is -2.09. The van der Waals surface area contributed by atoms with E-state index in [1.807, 2.05) is 6.92 Å². The number of aromatic nitrogens is 2. The lowest BCUT2D eigenvalue weighted by molar-refractivity contribution is 0.0953. The van der Waals surface area contributed by atoms with Gasteiger partial charge in [0.05, 0.1) is 5.56 Å². The molecule has 1 rings (SSSR count). The van der Waals surface area contributed by atoms with Crippen LogP contribution in [0.25, 0.3) is 0 Å². The number of carbonyl (C=O) groups is 1. The van der Waals surface area contributed by atoms with Crippen molar-refractivity contribution in [3.63, 3.8) is 0 Å². The van der Waals surface area contributed by atoms with Crippen molar-refractivity contribution in [1.82, 2.24) is 15.5 Å². The van der Waals surface area contributed by atoms with Crippen LogP contribution in [-0.4, -0.2) is 38.4 Å². The molecule has 0 fully saturated rings. The number of nitrogens with zero attached hydrogens (tertiary/aromatic N) is 2. The molecule has 8 heteroatoms. The zero-order chi connectivity index (χ0) is 13.7. The molecule has 1 amide bonds. The molecule has 0 aliphatic carbocycles. The first-order valence-electron chi connectivity index (χ1n) is 5.21. The number of rotatable bonds is 5. The van der Waals surface area contributed by atoms with Gasteiger partial charge in [-0.3, -0.25) is 9.00 Å². The Kier molecular flexibility index (Phi) is 5.98. The Hall–Kier alpha value is -0.720. The van der Waals surface area contributed by atoms with E-state index in [4.69, 9.17) is 23.2 Å². The number of carbonyl (C=O) groups excluding carboxylic acids is 1. The van der Waals surface area contributed by atoms with Crippen molar-refractivity contribution in [3.05, 3.63) is 21.9 Å². The molecule has 1 heterocycles. The van der Waals surface area contributed by atoms with Crippen LogP contribution < -0.4 is 5.32 Å². The topological polar surface area (TPSA) is 72.0 Å². The molecule has 100 valence electrons. The van der Waals surface area contributed by atoms with Crippen LogP contribution in [0.2, 0.25) is 10.3 Å². The molecule has 0 radical (unpaired) electrons. The number of halogens is 2. The van der Waals surface area contributed by atoms with Crippen molar-refractivity contribution in [2.75, 3.05) is 12.8 Å². The number of hydrogen-bond acceptors (Lipinski definition) is 4. The van der Waals surface area contributed by atoms with E-state index in [-0.39, 0.29) is 27.0 Å². The minimum atomic E-state index is -0.898. The van der Waals surface area contributed by atoms with Crippen molar-refractivity contribution >= 4 is 39.9 Å². The summed E-state index contributed by atoms with van der Waals surface area (Å²) in [5.41, 5.74) is 0.182. The fraction of sp³-hybridized carbons (Fsp3) is 0.500. The zero-order valence-corrected chi connectivity index (χ0v) is 12.3. The van der Waals surface area contributed by atoms with E-state index in [2.05, 4.69) is 15.5 Å². The van der Waals surface area contributed by atoms with Crippen LogP contribution in [0.15, 0.2) is 6.07 Å². The Morgan fingerprint density at radius 2 is 2.17 bits per heavy atom. The average molecular weight is 310 g/mol. The third-order valence-electron chi connectivity index (χ3n) is 2.37. The third kappa shape index (κ3) is 4.51. The highest BCUT2D eigenvalue weighted by Crippen LogP contribution is 2.15. The second kappa shape index (κ2) is 7.01. The largest absolute Gasteiger partial charge is 0.352 e. The second-order valence-electron chi connectivity index (χ2n) is 3.73. The van der Waals surface area contributed by atoms with E-state index >= 15 is 0 Å². The molecule has 0 spiro atoms. The van der Waals surface area contributed by atoms with E-state index in [0.717, 1.165) is 0 Å². The lowest BCUT2D eigenvalue weighted by Crippen LogP contribution is -2.28. The van der Waals surface area contributed by atoms with E-state index in [1.54, 1.807) is 6.26 Å². The standard InChI is InChI=1S/C10H13Cl2N3O2S/c1-6(18(2)17)3-4-13-10(16)7-5-8(11)14-15-9(7)12/h5-6H,3-4H2,1-2H3,(H,13,16). The van der Waals surface area contributed by atoms with Crippen LogP contribution >= 0.6 is 23.2 Å². The third-order valence-corrected chi connectivity index (χ3v) is 4.20. The molecule has 0 aliphatic rings. The van der Waals surface area contributed by atoms with Crippen molar-refractivity contribution < 1.29 is 9.00 Å². The normalized spacial score (nSPS) is 14.0. The van der Waals surface area contributed by atoms with Crippen LogP contribution in [0, 0.1) is 0 Å². The maximum Gasteiger partial charge on any atom is 0.254 e. The highest BCUT2D eigenvalue weighted by molar-refractivity contribution is 7.84. The zero-order valence-electron chi connectivity index (χ0n) is 9.94. The Morgan fingerprint density at radius 3 is 2.78 bits per heavy atom. The molecule has 0 saturated heterocycles. The van der Waals surface area contributed by atoms with Gasteiger partial charge < -0.3 is 5.32 Å². The molecule has 1 aromatic rings. The Morgan fingerprint density at radius 1 is 1.50 bits per heavy atom. The summed E-state index contributed by atoms with van der Waals surface area (Å²) in [7, 11) is -0.898. The van der Waals surface area contributed by atoms with Gasteiger partial charge in [0, 0.05) is 28.9 Å². The van der Waals surface area contributed by atoms with Crippen LogP contribution in [0.4, 0.5) is 0 Å². The summed E-state index contributed by atoms with van der Waals surface area (Å²) in [6, 6.07) is 1.35. The molecule has 5 nitrogen and oxygen atoms in total. The number of hydrogen-bond donors (Lipinski definition) is 1. The Balaban J connectivity index is 2.55. The summed E-state index contributed by atoms with van der Waals surface area (Å²) in [5, 5.41) is 9.87. The fourth-order valence-electron chi connectivity index (χ4n) is 1.16. The van der Waals surface area contributed by atoms with E-state index < -0.39 is 10.8 Å². The van der Waals surface area contributed by atoms with Crippen molar-refractivity contribution in [1.29, 1.82) is 0 Å². The smallest absolute Gasteiger partial charge is 0.254 e. The number of nitrogens with one attached hydrogen (secondary N) is 1. The van der Waals surface area contributed by atoms with Gasteiger partial charge in [-0.05, 0) is 12.5 Å². The second-order valence-corrected chi connectivity index (χ2v) is 6.27. The van der Waals surface area contributed by atoms with Gasteiger partial charge in [0.15, 0.2) is 10.3 Å². The van der Waals surface area contributed by atoms with Crippen LogP contribution in [0.5, 0.6) is 0 Å². The van der Waals surface area contributed by atoms with Crippen molar-refractivity contribution in [2.24, 2.45) is 0 Å². The molecule has 0 bridgehead atoms. The minimum Gasteiger partial charge on any atom is -0.352 e. The van der Waals surface area contributed by atoms with E-state index in [9.17, 15) is 9.00 Å². The molecule has 1 aromatic heterocycles. The predicted octanol–water partition coefficient (Wildman–Crippen LogP) is 1.67. The highest BCUT2D eigenvalue weighted by atomic mass is 35.5. The number of amides is 1. The fourth-order valence-corrected chi connectivity index (χ4v) is 1.94. The Labute approximate surface area is 118 Å². The van der Waals surface area contributed by atoms with Gasteiger partial charge in [0.25, 0.3) is 5.91 Å². The maximum absolute atomic E-state index is 11.8. The summed E-state index contributed by atoms with van der Waals surface area (Å²) in [6.45, 7) is 2.27. The van der Waals surface area contributed by atoms with Crippen molar-refractivity contribution in [3.8, 4) is 0 Å². The predicted molar refractivity (Wildman–Crippen MR) is 72.5 cm³/mol. The first-order valence-corrected chi connectivity index (χ1v) is 7.58. The molecule has 0 aliphatic heterocycles. The van der Waals surface area contributed by atoms with Gasteiger partial charge in [-0.2, -0.15) is 0 Å². The lowest BCUT2D eigenvalue weighted by atomic mass is 10.2. The molecular weight excluding hydrogens is 297 g/mol. The van der Waals surface area contributed by atoms with Crippen LogP contribution in [0.1, 0.15) is 23.7 Å². The molecular formula is C10H13Cl2N3O2S. The quantitative estimate of drug-likeness (QED) is 0.898. The van der Waals surface area contributed by atoms with E-state index in [0.29, 0.717) is 13.0 Å². The summed E-state index contributed by atoms with van der Waals surface area (Å²) < 4.78 is 11.1. The average Bonchev–Trinajstić information content (AvgIpc) is 2.31. The summed E-state index contributed by atoms with van der Waals surface area (Å²) in [6.07, 6.45) is 2.26. The van der Waals surface area contributed by atoms with Crippen molar-refractivity contribution in [2.45, 2.75) is 18.6 Å². The van der Waals surface area contributed by atoms with Gasteiger partial charge in [0.2, 0.25) is 0 Å². The molecule has 0 aromatic carbocycles. The molecule has 0 saturated carbocycles. The summed E-state index contributed by atoms with van der Waals surface area (Å²) >= 11 is 11.4. The monoisotopic (exact) mass is 309 g/mol. The molecule has 2 atom stereocenters. The van der Waals surface area contributed by atoms with Gasteiger partial charge in [0.1, 0.15) is 0 Å². The molecule has 18 heavy (non-hydrogen) atoms. The van der Waals surface area contributed by atoms with Gasteiger partial charge in [-0.1, -0.05) is 30.1 Å². The van der Waals surface area contributed by atoms with Crippen LogP contribution in [0.3, 0.4) is 0 Å². The minimum absolute atomic E-state index is 0.00372.